The molecule has 2 atom stereocenters. The summed E-state index contributed by atoms with van der Waals surface area (Å²) in [6.45, 7) is 1.86. The molecule has 2 aromatic heterocycles. The second-order valence-electron chi connectivity index (χ2n) is 5.94. The molecule has 1 radical (unpaired) electrons. The van der Waals surface area contributed by atoms with Crippen molar-refractivity contribution in [2.75, 3.05) is 6.67 Å². The predicted molar refractivity (Wildman–Crippen MR) is 86.2 cm³/mol. The molecule has 2 unspecified atom stereocenters. The maximum atomic E-state index is 11.6. The zero-order valence-corrected chi connectivity index (χ0v) is 12.8. The summed E-state index contributed by atoms with van der Waals surface area (Å²) >= 11 is 0. The fourth-order valence-electron chi connectivity index (χ4n) is 2.92. The van der Waals surface area contributed by atoms with Gasteiger partial charge in [-0.3, -0.25) is 9.59 Å². The molecule has 2 amide bonds. The van der Waals surface area contributed by atoms with Gasteiger partial charge in [0.25, 0.3) is 0 Å². The molecule has 1 fully saturated rings. The van der Waals surface area contributed by atoms with Crippen molar-refractivity contribution in [3.05, 3.63) is 46.8 Å². The largest absolute Gasteiger partial charge is 0.366 e. The Morgan fingerprint density at radius 1 is 0.875 bits per heavy atom. The lowest BCUT2D eigenvalue weighted by Crippen LogP contribution is -2.57. The summed E-state index contributed by atoms with van der Waals surface area (Å²) in [6, 6.07) is 6.53. The molecule has 1 saturated heterocycles. The van der Waals surface area contributed by atoms with Crippen LogP contribution in [0.1, 0.15) is 32.1 Å². The molecule has 3 aliphatic heterocycles. The van der Waals surface area contributed by atoms with Gasteiger partial charge in [-0.25, -0.2) is 9.97 Å². The van der Waals surface area contributed by atoms with Gasteiger partial charge < -0.3 is 21.1 Å². The fraction of sp³-hybridized carbons (Fsp3) is 0.200. The Morgan fingerprint density at radius 2 is 1.29 bits per heavy atom. The van der Waals surface area contributed by atoms with Gasteiger partial charge in [-0.2, -0.15) is 0 Å². The first-order valence-electron chi connectivity index (χ1n) is 7.43. The molecule has 5 heterocycles. The molecular formula is C15H14BN6O2. The van der Waals surface area contributed by atoms with E-state index in [0.29, 0.717) is 47.0 Å². The Kier molecular flexibility index (Phi) is 3.33. The maximum Gasteiger partial charge on any atom is 0.315 e. The van der Waals surface area contributed by atoms with E-state index >= 15 is 0 Å². The van der Waals surface area contributed by atoms with Crippen molar-refractivity contribution in [3.63, 3.8) is 0 Å². The zero-order chi connectivity index (χ0) is 16.8. The molecule has 4 N–H and O–H groups in total. The zero-order valence-electron chi connectivity index (χ0n) is 12.8. The van der Waals surface area contributed by atoms with E-state index < -0.39 is 11.8 Å². The fourth-order valence-corrected chi connectivity index (χ4v) is 2.92. The number of rotatable bonds is 2. The summed E-state index contributed by atoms with van der Waals surface area (Å²) in [5.74, 6) is -1.06. The van der Waals surface area contributed by atoms with Gasteiger partial charge in [-0.15, -0.1) is 0 Å². The van der Waals surface area contributed by atoms with Crippen LogP contribution in [-0.2, 0) is 13.1 Å². The highest BCUT2D eigenvalue weighted by atomic mass is 16.1. The molecule has 8 nitrogen and oxygen atoms in total. The lowest BCUT2D eigenvalue weighted by atomic mass is 9.96. The van der Waals surface area contributed by atoms with E-state index in [1.165, 1.54) is 0 Å². The van der Waals surface area contributed by atoms with Crippen molar-refractivity contribution in [2.45, 2.75) is 13.1 Å². The molecule has 0 aliphatic carbocycles. The number of carbonyl (C=O) groups is 2. The number of nitrogens with zero attached hydrogens (tertiary/aromatic N) is 4. The van der Waals surface area contributed by atoms with Crippen LogP contribution in [0.4, 0.5) is 0 Å². The van der Waals surface area contributed by atoms with Crippen molar-refractivity contribution in [1.82, 2.24) is 19.6 Å². The first-order chi connectivity index (χ1) is 11.5. The quantitative estimate of drug-likeness (QED) is 0.718. The Balaban J connectivity index is 1.92. The monoisotopic (exact) mass is 321 g/mol. The molecule has 0 saturated carbocycles. The number of carbonyl (C=O) groups excluding carboxylic acids is 2. The number of primary amides is 2. The van der Waals surface area contributed by atoms with Crippen molar-refractivity contribution >= 4 is 19.4 Å². The molecule has 0 spiro atoms. The van der Waals surface area contributed by atoms with Crippen LogP contribution in [0.5, 0.6) is 0 Å². The Bertz CT molecular complexity index is 796. The van der Waals surface area contributed by atoms with Crippen molar-refractivity contribution in [3.8, 4) is 11.4 Å². The lowest BCUT2D eigenvalue weighted by molar-refractivity contribution is 0.0991. The topological polar surface area (TPSA) is 118 Å². The van der Waals surface area contributed by atoms with Crippen LogP contribution in [0, 0.1) is 0 Å². The molecule has 0 aromatic carbocycles. The van der Waals surface area contributed by atoms with E-state index in [1.807, 2.05) is 7.55 Å². The Labute approximate surface area is 138 Å². The number of hydrogen-bond acceptors (Lipinski definition) is 6. The van der Waals surface area contributed by atoms with Gasteiger partial charge in [-0.05, 0) is 24.3 Å². The van der Waals surface area contributed by atoms with Gasteiger partial charge in [-0.1, -0.05) is 0 Å². The number of nitrogens with two attached hydrogens (primary N) is 2. The van der Waals surface area contributed by atoms with E-state index in [1.54, 1.807) is 24.3 Å². The minimum atomic E-state index is -0.532. The van der Waals surface area contributed by atoms with E-state index in [9.17, 15) is 9.59 Å². The summed E-state index contributed by atoms with van der Waals surface area (Å²) in [4.78, 5) is 36.5. The molecule has 3 aliphatic rings. The van der Waals surface area contributed by atoms with Crippen LogP contribution >= 0.6 is 0 Å². The molecule has 2 aromatic rings. The van der Waals surface area contributed by atoms with Gasteiger partial charge in [0.1, 0.15) is 0 Å². The van der Waals surface area contributed by atoms with Crippen molar-refractivity contribution < 1.29 is 9.59 Å². The summed E-state index contributed by atoms with van der Waals surface area (Å²) in [6.07, 6.45) is 0. The van der Waals surface area contributed by atoms with Crippen molar-refractivity contribution in [2.24, 2.45) is 11.5 Å². The minimum Gasteiger partial charge on any atom is -0.366 e. The standard InChI is InChI=1S/C15H14BN6O2/c17-14(23)8-1-10-5-21-7-22(16-21)6-11-2-9(15(18)24)4-13(20-11)12(3-8)19-10/h1-4H,5-7H2,(H2,17,23)(H2,18,24). The average molecular weight is 321 g/mol. The third kappa shape index (κ3) is 2.64. The predicted octanol–water partition coefficient (Wildman–Crippen LogP) is -0.536. The average Bonchev–Trinajstić information content (AvgIpc) is 2.53. The third-order valence-corrected chi connectivity index (χ3v) is 4.01. The molecule has 24 heavy (non-hydrogen) atoms. The third-order valence-electron chi connectivity index (χ3n) is 4.01. The smallest absolute Gasteiger partial charge is 0.315 e. The van der Waals surface area contributed by atoms with Crippen LogP contribution in [0.15, 0.2) is 24.3 Å². The Hall–Kier alpha value is -2.78. The molecule has 9 heteroatoms. The van der Waals surface area contributed by atoms with Crippen LogP contribution in [-0.4, -0.2) is 45.6 Å². The number of amides is 2. The molecule has 6 bridgehead atoms. The first-order valence-corrected chi connectivity index (χ1v) is 7.43. The highest BCUT2D eigenvalue weighted by molar-refractivity contribution is 6.31. The molecule has 5 rings (SSSR count). The van der Waals surface area contributed by atoms with Gasteiger partial charge in [0.2, 0.25) is 11.8 Å². The number of aromatic nitrogens is 2. The number of pyridine rings is 2. The maximum absolute atomic E-state index is 11.6. The van der Waals surface area contributed by atoms with E-state index in [0.717, 1.165) is 6.67 Å². The number of hydrogen-bond donors (Lipinski definition) is 2. The van der Waals surface area contributed by atoms with E-state index in [2.05, 4.69) is 19.6 Å². The lowest BCUT2D eigenvalue weighted by Gasteiger charge is -2.40. The van der Waals surface area contributed by atoms with Crippen LogP contribution < -0.4 is 11.5 Å². The van der Waals surface area contributed by atoms with E-state index in [-0.39, 0.29) is 0 Å². The van der Waals surface area contributed by atoms with Crippen molar-refractivity contribution in [1.29, 1.82) is 0 Å². The van der Waals surface area contributed by atoms with Crippen LogP contribution in [0.25, 0.3) is 11.4 Å². The summed E-state index contributed by atoms with van der Waals surface area (Å²) in [5, 5.41) is 0. The molecule has 119 valence electrons. The van der Waals surface area contributed by atoms with Gasteiger partial charge >= 0.3 is 7.55 Å². The SMILES string of the molecule is NC(=O)c1cc2nc(c1)-c1cc(C(N)=O)cc(n1)CN1[B]N(C2)C1. The summed E-state index contributed by atoms with van der Waals surface area (Å²) in [5.41, 5.74) is 14.0. The van der Waals surface area contributed by atoms with Gasteiger partial charge in [0, 0.05) is 30.9 Å². The first kappa shape index (κ1) is 14.8. The van der Waals surface area contributed by atoms with Gasteiger partial charge in [0.15, 0.2) is 0 Å². The minimum absolute atomic E-state index is 0.361. The van der Waals surface area contributed by atoms with Crippen LogP contribution in [0.3, 0.4) is 0 Å². The van der Waals surface area contributed by atoms with Gasteiger partial charge in [0.05, 0.1) is 22.8 Å². The van der Waals surface area contributed by atoms with E-state index in [4.69, 9.17) is 11.5 Å². The Morgan fingerprint density at radius 3 is 1.67 bits per heavy atom. The second-order valence-corrected chi connectivity index (χ2v) is 5.94. The highest BCUT2D eigenvalue weighted by Crippen LogP contribution is 2.24. The highest BCUT2D eigenvalue weighted by Gasteiger charge is 2.28. The van der Waals surface area contributed by atoms with Crippen LogP contribution in [0.2, 0.25) is 0 Å². The second kappa shape index (κ2) is 5.39. The summed E-state index contributed by atoms with van der Waals surface area (Å²) < 4.78 is 0. The normalized spacial score (nSPS) is 21.0. The summed E-state index contributed by atoms with van der Waals surface area (Å²) in [7, 11) is 1.96. The molecular weight excluding hydrogens is 307 g/mol.